The fraction of sp³-hybridized carbons (Fsp3) is 0.857. The largest absolute Gasteiger partial charge is 0.375 e. The fourth-order valence-corrected chi connectivity index (χ4v) is 4.30. The van der Waals surface area contributed by atoms with Crippen LogP contribution in [0.2, 0.25) is 0 Å². The van der Waals surface area contributed by atoms with Crippen molar-refractivity contribution in [3.63, 3.8) is 0 Å². The van der Waals surface area contributed by atoms with Crippen LogP contribution in [0.1, 0.15) is 120 Å². The van der Waals surface area contributed by atoms with Gasteiger partial charge in [-0.2, -0.15) is 0 Å². The molecule has 0 spiro atoms. The standard InChI is InChI=1S/C28H50N2O6/c1-10-27(8,15-14-23(33)36-30-21(31)12-13-22(30)32)20-28(9,11-2)24(34)29-18-16-26(6,7)35-19-17-25(3,4)5/h10-20H2,1-9H3,(H,29,34). The van der Waals surface area contributed by atoms with Crippen LogP contribution in [0.4, 0.5) is 0 Å². The summed E-state index contributed by atoms with van der Waals surface area (Å²) < 4.78 is 6.07. The SMILES string of the molecule is CCC(C)(CCC(=O)ON1C(=O)CCC1=O)CC(C)(CC)C(=O)NCCC(C)(C)OCCC(C)(C)C. The van der Waals surface area contributed by atoms with E-state index >= 15 is 0 Å². The van der Waals surface area contributed by atoms with Crippen molar-refractivity contribution in [3.05, 3.63) is 0 Å². The van der Waals surface area contributed by atoms with Gasteiger partial charge in [-0.25, -0.2) is 4.79 Å². The second kappa shape index (κ2) is 13.0. The van der Waals surface area contributed by atoms with E-state index in [0.29, 0.717) is 43.9 Å². The van der Waals surface area contributed by atoms with Gasteiger partial charge in [0.2, 0.25) is 5.91 Å². The molecule has 0 aliphatic carbocycles. The van der Waals surface area contributed by atoms with E-state index < -0.39 is 23.2 Å². The number of nitrogens with one attached hydrogen (secondary N) is 1. The first-order valence-corrected chi connectivity index (χ1v) is 13.4. The quantitative estimate of drug-likeness (QED) is 0.299. The Kier molecular flexibility index (Phi) is 11.6. The van der Waals surface area contributed by atoms with Crippen molar-refractivity contribution in [3.8, 4) is 0 Å². The third-order valence-electron chi connectivity index (χ3n) is 7.49. The monoisotopic (exact) mass is 510 g/mol. The molecule has 1 aliphatic rings. The Morgan fingerprint density at radius 1 is 0.889 bits per heavy atom. The van der Waals surface area contributed by atoms with E-state index in [4.69, 9.17) is 9.57 Å². The fourth-order valence-electron chi connectivity index (χ4n) is 4.30. The summed E-state index contributed by atoms with van der Waals surface area (Å²) in [5, 5.41) is 3.70. The van der Waals surface area contributed by atoms with Gasteiger partial charge in [-0.15, -0.1) is 5.06 Å². The molecule has 36 heavy (non-hydrogen) atoms. The lowest BCUT2D eigenvalue weighted by Gasteiger charge is -2.38. The van der Waals surface area contributed by atoms with Gasteiger partial charge < -0.3 is 14.9 Å². The molecular formula is C28H50N2O6. The van der Waals surface area contributed by atoms with Gasteiger partial charge in [0.05, 0.1) is 5.60 Å². The molecule has 0 saturated carbocycles. The summed E-state index contributed by atoms with van der Waals surface area (Å²) in [7, 11) is 0. The Balaban J connectivity index is 2.62. The third kappa shape index (κ3) is 10.6. The Morgan fingerprint density at radius 2 is 1.47 bits per heavy atom. The number of hydrogen-bond donors (Lipinski definition) is 1. The van der Waals surface area contributed by atoms with Crippen LogP contribution in [-0.4, -0.2) is 47.5 Å². The smallest absolute Gasteiger partial charge is 0.333 e. The molecule has 8 nitrogen and oxygen atoms in total. The second-order valence-corrected chi connectivity index (χ2v) is 12.7. The molecule has 3 amide bonds. The predicted molar refractivity (Wildman–Crippen MR) is 140 cm³/mol. The summed E-state index contributed by atoms with van der Waals surface area (Å²) in [6.45, 7) is 20.0. The first-order valence-electron chi connectivity index (χ1n) is 13.4. The molecule has 1 N–H and O–H groups in total. The molecule has 0 bridgehead atoms. The summed E-state index contributed by atoms with van der Waals surface area (Å²) in [4.78, 5) is 54.0. The van der Waals surface area contributed by atoms with Crippen molar-refractivity contribution in [1.29, 1.82) is 0 Å². The van der Waals surface area contributed by atoms with Crippen LogP contribution in [0.5, 0.6) is 0 Å². The molecule has 0 aromatic heterocycles. The van der Waals surface area contributed by atoms with Crippen LogP contribution in [-0.2, 0) is 28.8 Å². The highest BCUT2D eigenvalue weighted by atomic mass is 16.7. The third-order valence-corrected chi connectivity index (χ3v) is 7.49. The van der Waals surface area contributed by atoms with Crippen LogP contribution in [0.3, 0.4) is 0 Å². The van der Waals surface area contributed by atoms with Crippen molar-refractivity contribution in [1.82, 2.24) is 10.4 Å². The summed E-state index contributed by atoms with van der Waals surface area (Å²) in [6, 6.07) is 0. The minimum absolute atomic E-state index is 0.00556. The molecule has 1 fully saturated rings. The molecule has 208 valence electrons. The average Bonchev–Trinajstić information content (AvgIpc) is 3.08. The van der Waals surface area contributed by atoms with E-state index in [9.17, 15) is 19.2 Å². The first kappa shape index (κ1) is 32.1. The number of amides is 3. The van der Waals surface area contributed by atoms with Crippen molar-refractivity contribution < 1.29 is 28.8 Å². The molecule has 0 radical (unpaired) electrons. The summed E-state index contributed by atoms with van der Waals surface area (Å²) in [6.07, 6.45) is 4.46. The number of carbonyl (C=O) groups excluding carboxylic acids is 4. The Morgan fingerprint density at radius 3 is 1.97 bits per heavy atom. The van der Waals surface area contributed by atoms with Crippen molar-refractivity contribution in [2.45, 2.75) is 126 Å². The van der Waals surface area contributed by atoms with Gasteiger partial charge in [-0.1, -0.05) is 54.9 Å². The summed E-state index contributed by atoms with van der Waals surface area (Å²) in [5.41, 5.74) is -0.973. The zero-order chi connectivity index (χ0) is 27.8. The molecule has 1 saturated heterocycles. The minimum Gasteiger partial charge on any atom is -0.375 e. The Hall–Kier alpha value is -1.96. The molecule has 2 atom stereocenters. The van der Waals surface area contributed by atoms with Crippen molar-refractivity contribution >= 4 is 23.7 Å². The molecule has 1 heterocycles. The first-order chi connectivity index (χ1) is 16.5. The van der Waals surface area contributed by atoms with Gasteiger partial charge >= 0.3 is 5.97 Å². The average molecular weight is 511 g/mol. The lowest BCUT2D eigenvalue weighted by Crippen LogP contribution is -2.43. The lowest BCUT2D eigenvalue weighted by molar-refractivity contribution is -0.197. The van der Waals surface area contributed by atoms with E-state index in [1.165, 1.54) is 0 Å². The number of imide groups is 1. The van der Waals surface area contributed by atoms with Gasteiger partial charge in [0, 0.05) is 37.8 Å². The normalized spacial score (nSPS) is 18.1. The maximum absolute atomic E-state index is 13.2. The van der Waals surface area contributed by atoms with Crippen LogP contribution >= 0.6 is 0 Å². The van der Waals surface area contributed by atoms with Crippen LogP contribution < -0.4 is 5.32 Å². The van der Waals surface area contributed by atoms with Crippen molar-refractivity contribution in [2.24, 2.45) is 16.2 Å². The zero-order valence-electron chi connectivity index (χ0n) is 24.2. The number of hydroxylamine groups is 2. The number of rotatable bonds is 15. The molecule has 0 aromatic rings. The van der Waals surface area contributed by atoms with E-state index in [-0.39, 0.29) is 41.6 Å². The number of nitrogens with zero attached hydrogens (tertiary/aromatic N) is 1. The van der Waals surface area contributed by atoms with Crippen LogP contribution in [0.25, 0.3) is 0 Å². The second-order valence-electron chi connectivity index (χ2n) is 12.7. The highest BCUT2D eigenvalue weighted by molar-refractivity contribution is 6.01. The molecule has 1 rings (SSSR count). The van der Waals surface area contributed by atoms with Crippen LogP contribution in [0.15, 0.2) is 0 Å². The topological polar surface area (TPSA) is 102 Å². The van der Waals surface area contributed by atoms with E-state index in [1.54, 1.807) is 0 Å². The van der Waals surface area contributed by atoms with Gasteiger partial charge in [-0.05, 0) is 56.8 Å². The van der Waals surface area contributed by atoms with Gasteiger partial charge in [-0.3, -0.25) is 14.4 Å². The van der Waals surface area contributed by atoms with E-state index in [0.717, 1.165) is 12.8 Å². The number of ether oxygens (including phenoxy) is 1. The summed E-state index contributed by atoms with van der Waals surface area (Å²) >= 11 is 0. The van der Waals surface area contributed by atoms with Crippen molar-refractivity contribution in [2.75, 3.05) is 13.2 Å². The predicted octanol–water partition coefficient (Wildman–Crippen LogP) is 5.33. The molecule has 1 aliphatic heterocycles. The van der Waals surface area contributed by atoms with E-state index in [2.05, 4.69) is 46.9 Å². The lowest BCUT2D eigenvalue weighted by atomic mass is 9.68. The number of carbonyl (C=O) groups is 4. The maximum atomic E-state index is 13.2. The summed E-state index contributed by atoms with van der Waals surface area (Å²) in [5.74, 6) is -1.56. The highest BCUT2D eigenvalue weighted by Crippen LogP contribution is 2.42. The number of hydrogen-bond acceptors (Lipinski definition) is 6. The zero-order valence-corrected chi connectivity index (χ0v) is 24.2. The minimum atomic E-state index is -0.602. The van der Waals surface area contributed by atoms with E-state index in [1.807, 2.05) is 20.8 Å². The van der Waals surface area contributed by atoms with Gasteiger partial charge in [0.25, 0.3) is 11.8 Å². The molecule has 0 aromatic carbocycles. The molecular weight excluding hydrogens is 460 g/mol. The Bertz CT molecular complexity index is 771. The van der Waals surface area contributed by atoms with Gasteiger partial charge in [0.15, 0.2) is 0 Å². The maximum Gasteiger partial charge on any atom is 0.333 e. The molecule has 8 heteroatoms. The highest BCUT2D eigenvalue weighted by Gasteiger charge is 2.39. The van der Waals surface area contributed by atoms with Crippen LogP contribution in [0, 0.1) is 16.2 Å². The molecule has 2 unspecified atom stereocenters. The Labute approximate surface area is 218 Å². The van der Waals surface area contributed by atoms with Gasteiger partial charge in [0.1, 0.15) is 0 Å².